The van der Waals surface area contributed by atoms with Crippen LogP contribution in [0.4, 0.5) is 0 Å². The van der Waals surface area contributed by atoms with Gasteiger partial charge in [0.25, 0.3) is 5.56 Å². The van der Waals surface area contributed by atoms with Crippen LogP contribution in [0.15, 0.2) is 47.4 Å². The van der Waals surface area contributed by atoms with Crippen molar-refractivity contribution in [2.45, 2.75) is 19.9 Å². The van der Waals surface area contributed by atoms with Crippen LogP contribution in [0, 0.1) is 6.92 Å². The summed E-state index contributed by atoms with van der Waals surface area (Å²) in [6.07, 6.45) is 2.46. The van der Waals surface area contributed by atoms with E-state index >= 15 is 0 Å². The van der Waals surface area contributed by atoms with Crippen LogP contribution in [0.5, 0.6) is 5.75 Å². The molecule has 0 amide bonds. The van der Waals surface area contributed by atoms with Gasteiger partial charge in [0.15, 0.2) is 0 Å². The number of pyridine rings is 1. The Kier molecular flexibility index (Phi) is 4.77. The first-order valence-corrected chi connectivity index (χ1v) is 6.70. The van der Waals surface area contributed by atoms with Crippen molar-refractivity contribution in [2.75, 3.05) is 6.61 Å². The predicted molar refractivity (Wildman–Crippen MR) is 79.0 cm³/mol. The first-order chi connectivity index (χ1) is 10.1. The number of benzene rings is 1. The molecule has 0 saturated heterocycles. The zero-order valence-corrected chi connectivity index (χ0v) is 11.8. The number of rotatable bonds is 6. The van der Waals surface area contributed by atoms with Gasteiger partial charge in [-0.25, -0.2) is 4.79 Å². The largest absolute Gasteiger partial charge is 0.494 e. The summed E-state index contributed by atoms with van der Waals surface area (Å²) in [5, 5.41) is 8.79. The van der Waals surface area contributed by atoms with E-state index in [-0.39, 0.29) is 11.1 Å². The Morgan fingerprint density at radius 1 is 1.24 bits per heavy atom. The average Bonchev–Trinajstić information content (AvgIpc) is 2.48. The maximum Gasteiger partial charge on any atom is 0.335 e. The van der Waals surface area contributed by atoms with Crippen LogP contribution in [0.1, 0.15) is 22.3 Å². The molecule has 0 fully saturated rings. The van der Waals surface area contributed by atoms with E-state index in [4.69, 9.17) is 9.84 Å². The molecule has 5 nitrogen and oxygen atoms in total. The number of hydrogen-bond donors (Lipinski definition) is 1. The summed E-state index contributed by atoms with van der Waals surface area (Å²) in [5.74, 6) is -0.336. The van der Waals surface area contributed by atoms with Gasteiger partial charge in [0.05, 0.1) is 12.2 Å². The van der Waals surface area contributed by atoms with Gasteiger partial charge < -0.3 is 14.4 Å². The molecule has 1 N–H and O–H groups in total. The van der Waals surface area contributed by atoms with Crippen LogP contribution in [0.2, 0.25) is 0 Å². The lowest BCUT2D eigenvalue weighted by Gasteiger charge is -2.08. The topological polar surface area (TPSA) is 68.5 Å². The van der Waals surface area contributed by atoms with Gasteiger partial charge in [-0.15, -0.1) is 0 Å². The zero-order chi connectivity index (χ0) is 15.2. The van der Waals surface area contributed by atoms with E-state index < -0.39 is 5.97 Å². The van der Waals surface area contributed by atoms with Crippen LogP contribution in [-0.4, -0.2) is 22.2 Å². The number of nitrogens with zero attached hydrogens (tertiary/aromatic N) is 1. The fourth-order valence-corrected chi connectivity index (χ4v) is 1.95. The standard InChI is InChI=1S/C16H17NO4/c1-12-4-2-9-17(15(12)18)10-3-11-21-14-7-5-13(6-8-14)16(19)20/h2,4-9H,3,10-11H2,1H3,(H,19,20). The van der Waals surface area contributed by atoms with E-state index in [1.165, 1.54) is 12.1 Å². The van der Waals surface area contributed by atoms with Gasteiger partial charge in [-0.05, 0) is 43.7 Å². The predicted octanol–water partition coefficient (Wildman–Crippen LogP) is 2.32. The molecular weight excluding hydrogens is 270 g/mol. The molecule has 0 saturated carbocycles. The fraction of sp³-hybridized carbons (Fsp3) is 0.250. The summed E-state index contributed by atoms with van der Waals surface area (Å²) in [7, 11) is 0. The summed E-state index contributed by atoms with van der Waals surface area (Å²) in [5.41, 5.74) is 0.972. The van der Waals surface area contributed by atoms with Crippen molar-refractivity contribution >= 4 is 5.97 Å². The van der Waals surface area contributed by atoms with Crippen molar-refractivity contribution in [1.29, 1.82) is 0 Å². The highest BCUT2D eigenvalue weighted by atomic mass is 16.5. The number of carboxylic acids is 1. The zero-order valence-electron chi connectivity index (χ0n) is 11.8. The highest BCUT2D eigenvalue weighted by Gasteiger charge is 2.02. The van der Waals surface area contributed by atoms with E-state index in [1.807, 2.05) is 6.07 Å². The van der Waals surface area contributed by atoms with Crippen LogP contribution in [-0.2, 0) is 6.54 Å². The molecule has 0 aliphatic heterocycles. The monoisotopic (exact) mass is 287 g/mol. The second kappa shape index (κ2) is 6.74. The van der Waals surface area contributed by atoms with Gasteiger partial charge in [0.1, 0.15) is 5.75 Å². The number of carbonyl (C=O) groups is 1. The first kappa shape index (κ1) is 14.8. The van der Waals surface area contributed by atoms with Crippen molar-refractivity contribution in [2.24, 2.45) is 0 Å². The molecule has 0 aliphatic carbocycles. The Labute approximate surface area is 122 Å². The number of hydrogen-bond acceptors (Lipinski definition) is 3. The maximum atomic E-state index is 11.8. The van der Waals surface area contributed by atoms with Gasteiger partial charge in [-0.3, -0.25) is 4.79 Å². The number of ether oxygens (including phenoxy) is 1. The molecule has 0 radical (unpaired) electrons. The molecule has 0 unspecified atom stereocenters. The Hall–Kier alpha value is -2.56. The quantitative estimate of drug-likeness (QED) is 0.828. The van der Waals surface area contributed by atoms with Crippen molar-refractivity contribution in [3.05, 3.63) is 64.1 Å². The van der Waals surface area contributed by atoms with Crippen LogP contribution in [0.3, 0.4) is 0 Å². The summed E-state index contributed by atoms with van der Waals surface area (Å²) in [6.45, 7) is 2.85. The lowest BCUT2D eigenvalue weighted by Crippen LogP contribution is -2.22. The molecule has 0 atom stereocenters. The molecule has 1 aromatic heterocycles. The van der Waals surface area contributed by atoms with Crippen molar-refractivity contribution in [3.63, 3.8) is 0 Å². The molecular formula is C16H17NO4. The Morgan fingerprint density at radius 2 is 1.95 bits per heavy atom. The van der Waals surface area contributed by atoms with Crippen LogP contribution < -0.4 is 10.3 Å². The summed E-state index contributed by atoms with van der Waals surface area (Å²) in [6, 6.07) is 9.90. The summed E-state index contributed by atoms with van der Waals surface area (Å²) < 4.78 is 7.18. The Morgan fingerprint density at radius 3 is 2.62 bits per heavy atom. The second-order valence-electron chi connectivity index (χ2n) is 4.72. The number of carboxylic acid groups (broad SMARTS) is 1. The van der Waals surface area contributed by atoms with Gasteiger partial charge in [0.2, 0.25) is 0 Å². The second-order valence-corrected chi connectivity index (χ2v) is 4.72. The fourth-order valence-electron chi connectivity index (χ4n) is 1.95. The summed E-state index contributed by atoms with van der Waals surface area (Å²) >= 11 is 0. The average molecular weight is 287 g/mol. The normalized spacial score (nSPS) is 10.3. The van der Waals surface area contributed by atoms with E-state index in [2.05, 4.69) is 0 Å². The molecule has 2 rings (SSSR count). The molecule has 2 aromatic rings. The molecule has 0 bridgehead atoms. The smallest absolute Gasteiger partial charge is 0.335 e. The SMILES string of the molecule is Cc1cccn(CCCOc2ccc(C(=O)O)cc2)c1=O. The first-order valence-electron chi connectivity index (χ1n) is 6.70. The number of aryl methyl sites for hydroxylation is 2. The molecule has 1 aromatic carbocycles. The molecule has 21 heavy (non-hydrogen) atoms. The maximum absolute atomic E-state index is 11.8. The summed E-state index contributed by atoms with van der Waals surface area (Å²) in [4.78, 5) is 22.5. The van der Waals surface area contributed by atoms with E-state index in [9.17, 15) is 9.59 Å². The third kappa shape index (κ3) is 3.95. The Bertz CT molecular complexity index is 673. The van der Waals surface area contributed by atoms with Gasteiger partial charge in [0, 0.05) is 18.3 Å². The lowest BCUT2D eigenvalue weighted by molar-refractivity contribution is 0.0697. The van der Waals surface area contributed by atoms with Crippen LogP contribution >= 0.6 is 0 Å². The van der Waals surface area contributed by atoms with Gasteiger partial charge in [-0.1, -0.05) is 6.07 Å². The number of aromatic nitrogens is 1. The third-order valence-corrected chi connectivity index (χ3v) is 3.12. The van der Waals surface area contributed by atoms with Crippen molar-refractivity contribution < 1.29 is 14.6 Å². The van der Waals surface area contributed by atoms with Crippen LogP contribution in [0.25, 0.3) is 0 Å². The van der Waals surface area contributed by atoms with Gasteiger partial charge in [-0.2, -0.15) is 0 Å². The van der Waals surface area contributed by atoms with Crippen molar-refractivity contribution in [3.8, 4) is 5.75 Å². The molecule has 1 heterocycles. The van der Waals surface area contributed by atoms with E-state index in [0.29, 0.717) is 25.3 Å². The van der Waals surface area contributed by atoms with E-state index in [0.717, 1.165) is 5.56 Å². The highest BCUT2D eigenvalue weighted by molar-refractivity contribution is 5.87. The molecule has 5 heteroatoms. The van der Waals surface area contributed by atoms with E-state index in [1.54, 1.807) is 35.9 Å². The molecule has 110 valence electrons. The minimum atomic E-state index is -0.958. The van der Waals surface area contributed by atoms with Crippen molar-refractivity contribution in [1.82, 2.24) is 4.57 Å². The minimum absolute atomic E-state index is 0.0170. The van der Waals surface area contributed by atoms with Gasteiger partial charge >= 0.3 is 5.97 Å². The number of aromatic carboxylic acids is 1. The molecule has 0 spiro atoms. The lowest BCUT2D eigenvalue weighted by atomic mass is 10.2. The minimum Gasteiger partial charge on any atom is -0.494 e. The highest BCUT2D eigenvalue weighted by Crippen LogP contribution is 2.12. The molecule has 0 aliphatic rings. The third-order valence-electron chi connectivity index (χ3n) is 3.12. The Balaban J connectivity index is 1.83.